The molecule has 0 bridgehead atoms. The minimum absolute atomic E-state index is 0.158. The van der Waals surface area contributed by atoms with Crippen LogP contribution in [0.25, 0.3) is 21.1 Å². The lowest BCUT2D eigenvalue weighted by atomic mass is 10.3. The summed E-state index contributed by atoms with van der Waals surface area (Å²) in [6.07, 6.45) is 9.23. The maximum Gasteiger partial charge on any atom is 0.325 e. The van der Waals surface area contributed by atoms with Crippen molar-refractivity contribution in [2.45, 2.75) is 0 Å². The highest BCUT2D eigenvalue weighted by atomic mass is 32.2. The summed E-state index contributed by atoms with van der Waals surface area (Å²) in [6, 6.07) is 2.26. The number of hydrogen-bond acceptors (Lipinski definition) is 12. The largest absolute Gasteiger partial charge is 0.337 e. The van der Waals surface area contributed by atoms with Crippen molar-refractivity contribution in [3.63, 3.8) is 0 Å². The van der Waals surface area contributed by atoms with Gasteiger partial charge in [0.15, 0.2) is 10.0 Å². The lowest BCUT2D eigenvalue weighted by molar-refractivity contribution is 0.219. The van der Waals surface area contributed by atoms with Crippen LogP contribution in [0.2, 0.25) is 0 Å². The summed E-state index contributed by atoms with van der Waals surface area (Å²) in [5.41, 5.74) is 1.08. The van der Waals surface area contributed by atoms with Crippen molar-refractivity contribution in [1.29, 1.82) is 0 Å². The van der Waals surface area contributed by atoms with Gasteiger partial charge in [-0.15, -0.1) is 20.4 Å². The Morgan fingerprint density at radius 2 is 1.30 bits per heavy atom. The number of nitrogens with zero attached hydrogens (tertiary/aromatic N) is 9. The Morgan fingerprint density at radius 1 is 0.791 bits per heavy atom. The summed E-state index contributed by atoms with van der Waals surface area (Å²) in [7, 11) is 5.00. The standard InChI is InChI=1S/C13H16FN5OS2.C12H14FN5OS2/c1-18(4-5-21-3)13(20)19(2)12-17-16-11(22-12)9-6-10(14)8-15-7-9;1-18(11(19)15-3-4-20-2)12-17-16-10(21-12)8-5-9(13)7-14-6-8/h6-8H,4-5H2,1-3H3;5-7H,3-4H2,1-2H3,(H,15,19). The third-order valence-electron chi connectivity index (χ3n) is 5.44. The van der Waals surface area contributed by atoms with E-state index in [2.05, 4.69) is 35.7 Å². The Hall–Kier alpha value is -3.48. The first-order chi connectivity index (χ1) is 20.6. The summed E-state index contributed by atoms with van der Waals surface area (Å²) in [4.78, 5) is 36.1. The SMILES string of the molecule is CSCCN(C)C(=O)N(C)c1nnc(-c2cncc(F)c2)s1.CSCCNC(=O)N(C)c1nnc(-c2cncc(F)c2)s1. The van der Waals surface area contributed by atoms with E-state index in [0.717, 1.165) is 23.9 Å². The predicted molar refractivity (Wildman–Crippen MR) is 171 cm³/mol. The minimum Gasteiger partial charge on any atom is -0.337 e. The molecule has 0 spiro atoms. The van der Waals surface area contributed by atoms with Crippen LogP contribution >= 0.6 is 46.2 Å². The monoisotopic (exact) mass is 668 g/mol. The third kappa shape index (κ3) is 10.0. The van der Waals surface area contributed by atoms with Crippen molar-refractivity contribution in [3.8, 4) is 21.1 Å². The van der Waals surface area contributed by atoms with Gasteiger partial charge >= 0.3 is 12.1 Å². The van der Waals surface area contributed by atoms with Gasteiger partial charge in [-0.1, -0.05) is 22.7 Å². The van der Waals surface area contributed by atoms with Gasteiger partial charge in [0.05, 0.1) is 12.4 Å². The molecular weight excluding hydrogens is 639 g/mol. The van der Waals surface area contributed by atoms with E-state index in [9.17, 15) is 18.4 Å². The fourth-order valence-electron chi connectivity index (χ4n) is 3.12. The highest BCUT2D eigenvalue weighted by molar-refractivity contribution is 7.98. The molecule has 0 saturated carbocycles. The summed E-state index contributed by atoms with van der Waals surface area (Å²) in [5.74, 6) is 0.838. The summed E-state index contributed by atoms with van der Waals surface area (Å²) < 4.78 is 26.3. The van der Waals surface area contributed by atoms with Crippen molar-refractivity contribution >= 4 is 68.5 Å². The van der Waals surface area contributed by atoms with Gasteiger partial charge in [-0.05, 0) is 24.6 Å². The maximum absolute atomic E-state index is 13.2. The molecule has 18 heteroatoms. The quantitative estimate of drug-likeness (QED) is 0.234. The second kappa shape index (κ2) is 17.0. The molecule has 0 atom stereocenters. The molecule has 4 amide bonds. The van der Waals surface area contributed by atoms with Crippen LogP contribution in [0, 0.1) is 11.6 Å². The zero-order chi connectivity index (χ0) is 31.4. The van der Waals surface area contributed by atoms with Gasteiger partial charge < -0.3 is 10.2 Å². The fourth-order valence-corrected chi connectivity index (χ4v) is 5.45. The minimum atomic E-state index is -0.438. The number of carbonyl (C=O) groups is 2. The first-order valence-electron chi connectivity index (χ1n) is 12.5. The lowest BCUT2D eigenvalue weighted by Gasteiger charge is -2.22. The van der Waals surface area contributed by atoms with E-state index in [-0.39, 0.29) is 12.1 Å². The molecule has 0 fully saturated rings. The average molecular weight is 669 g/mol. The molecule has 4 rings (SSSR count). The number of carbonyl (C=O) groups excluding carboxylic acids is 2. The lowest BCUT2D eigenvalue weighted by Crippen LogP contribution is -2.39. The highest BCUT2D eigenvalue weighted by Crippen LogP contribution is 2.29. The molecule has 0 aromatic carbocycles. The summed E-state index contributed by atoms with van der Waals surface area (Å²) >= 11 is 5.75. The highest BCUT2D eigenvalue weighted by Gasteiger charge is 2.20. The molecule has 0 aliphatic rings. The predicted octanol–water partition coefficient (Wildman–Crippen LogP) is 4.84. The molecule has 4 aromatic heterocycles. The Kier molecular flexibility index (Phi) is 13.4. The number of amides is 4. The Balaban J connectivity index is 0.000000236. The van der Waals surface area contributed by atoms with Crippen LogP contribution in [0.5, 0.6) is 0 Å². The average Bonchev–Trinajstić information content (AvgIpc) is 3.70. The Labute approximate surface area is 264 Å². The van der Waals surface area contributed by atoms with Gasteiger partial charge in [0.25, 0.3) is 0 Å². The van der Waals surface area contributed by atoms with Crippen LogP contribution in [0.3, 0.4) is 0 Å². The topological polar surface area (TPSA) is 133 Å². The number of halogens is 2. The van der Waals surface area contributed by atoms with Crippen molar-refractivity contribution in [1.82, 2.24) is 40.6 Å². The first-order valence-corrected chi connectivity index (χ1v) is 16.9. The van der Waals surface area contributed by atoms with Gasteiger partial charge in [0.1, 0.15) is 11.6 Å². The molecule has 0 aliphatic heterocycles. The molecule has 230 valence electrons. The second-order valence-corrected chi connectivity index (χ2v) is 12.5. The first kappa shape index (κ1) is 34.0. The molecule has 43 heavy (non-hydrogen) atoms. The number of anilines is 2. The van der Waals surface area contributed by atoms with Crippen LogP contribution in [-0.4, -0.2) is 106 Å². The van der Waals surface area contributed by atoms with E-state index >= 15 is 0 Å². The number of nitrogens with one attached hydrogen (secondary N) is 1. The van der Waals surface area contributed by atoms with E-state index in [0.29, 0.717) is 44.5 Å². The van der Waals surface area contributed by atoms with Crippen molar-refractivity contribution in [2.24, 2.45) is 0 Å². The van der Waals surface area contributed by atoms with Crippen LogP contribution in [0.4, 0.5) is 28.6 Å². The molecule has 12 nitrogen and oxygen atoms in total. The molecule has 0 radical (unpaired) electrons. The normalized spacial score (nSPS) is 10.5. The second-order valence-electron chi connectivity index (χ2n) is 8.60. The summed E-state index contributed by atoms with van der Waals surface area (Å²) in [5, 5.41) is 20.6. The number of pyridine rings is 2. The molecule has 0 unspecified atom stereocenters. The number of aromatic nitrogens is 6. The summed E-state index contributed by atoms with van der Waals surface area (Å²) in [6.45, 7) is 1.24. The van der Waals surface area contributed by atoms with Gasteiger partial charge in [0, 0.05) is 69.3 Å². The van der Waals surface area contributed by atoms with Crippen LogP contribution < -0.4 is 15.1 Å². The number of rotatable bonds is 10. The van der Waals surface area contributed by atoms with Crippen LogP contribution in [0.15, 0.2) is 36.9 Å². The number of hydrogen-bond donors (Lipinski definition) is 1. The number of thioether (sulfide) groups is 2. The molecular formula is C25H30F2N10O2S4. The van der Waals surface area contributed by atoms with E-state index in [4.69, 9.17) is 0 Å². The molecule has 0 aliphatic carbocycles. The van der Waals surface area contributed by atoms with Crippen LogP contribution in [0.1, 0.15) is 0 Å². The van der Waals surface area contributed by atoms with E-state index < -0.39 is 11.6 Å². The third-order valence-corrected chi connectivity index (χ3v) is 8.74. The van der Waals surface area contributed by atoms with Gasteiger partial charge in [-0.3, -0.25) is 19.8 Å². The Morgan fingerprint density at radius 3 is 1.79 bits per heavy atom. The van der Waals surface area contributed by atoms with Crippen LogP contribution in [-0.2, 0) is 0 Å². The zero-order valence-corrected chi connectivity index (χ0v) is 27.3. The molecule has 4 heterocycles. The van der Waals surface area contributed by atoms with Crippen molar-refractivity contribution in [3.05, 3.63) is 48.6 Å². The number of urea groups is 2. The smallest absolute Gasteiger partial charge is 0.325 e. The van der Waals surface area contributed by atoms with E-state index in [1.807, 2.05) is 12.5 Å². The fraction of sp³-hybridized carbons (Fsp3) is 0.360. The van der Waals surface area contributed by atoms with Gasteiger partial charge in [-0.25, -0.2) is 18.4 Å². The van der Waals surface area contributed by atoms with Crippen molar-refractivity contribution in [2.75, 3.05) is 68.0 Å². The van der Waals surface area contributed by atoms with E-state index in [1.165, 1.54) is 57.0 Å². The van der Waals surface area contributed by atoms with Gasteiger partial charge in [-0.2, -0.15) is 23.5 Å². The maximum atomic E-state index is 13.2. The van der Waals surface area contributed by atoms with E-state index in [1.54, 1.807) is 49.6 Å². The molecule has 0 saturated heterocycles. The van der Waals surface area contributed by atoms with Gasteiger partial charge in [0.2, 0.25) is 10.3 Å². The molecule has 4 aromatic rings. The zero-order valence-electron chi connectivity index (χ0n) is 24.0. The van der Waals surface area contributed by atoms with Crippen molar-refractivity contribution < 1.29 is 18.4 Å². The molecule has 1 N–H and O–H groups in total. The Bertz CT molecular complexity index is 1490.